The topological polar surface area (TPSA) is 91.0 Å². The van der Waals surface area contributed by atoms with Gasteiger partial charge in [0.1, 0.15) is 11.6 Å². The van der Waals surface area contributed by atoms with Crippen molar-refractivity contribution in [1.29, 1.82) is 0 Å². The van der Waals surface area contributed by atoms with Crippen molar-refractivity contribution in [3.05, 3.63) is 65.2 Å². The Balaban J connectivity index is 1.58. The summed E-state index contributed by atoms with van der Waals surface area (Å²) in [4.78, 5) is 20.4. The summed E-state index contributed by atoms with van der Waals surface area (Å²) in [5.41, 5.74) is 9.75. The molecule has 0 saturated carbocycles. The van der Waals surface area contributed by atoms with Gasteiger partial charge in [0.25, 0.3) is 0 Å². The fraction of sp³-hybridized carbons (Fsp3) is 0.440. The number of aromatic hydroxyl groups is 1. The molecule has 164 valence electrons. The molecule has 4 N–H and O–H groups in total. The van der Waals surface area contributed by atoms with E-state index >= 15 is 0 Å². The molecule has 0 saturated heterocycles. The van der Waals surface area contributed by atoms with Crippen LogP contribution in [0, 0.1) is 0 Å². The van der Waals surface area contributed by atoms with Gasteiger partial charge in [-0.15, -0.1) is 0 Å². The molecule has 31 heavy (non-hydrogen) atoms. The normalized spacial score (nSPS) is 23.6. The summed E-state index contributed by atoms with van der Waals surface area (Å²) in [5.74, 6) is 1.05. The number of carbonyl (C=O) groups is 1. The van der Waals surface area contributed by atoms with Crippen molar-refractivity contribution in [2.45, 2.75) is 70.2 Å². The van der Waals surface area contributed by atoms with Gasteiger partial charge < -0.3 is 21.1 Å². The van der Waals surface area contributed by atoms with E-state index in [9.17, 15) is 9.90 Å². The molecule has 6 heteroatoms. The summed E-state index contributed by atoms with van der Waals surface area (Å²) in [6.45, 7) is 4.88. The third kappa shape index (κ3) is 4.59. The molecule has 2 heterocycles. The third-order valence-electron chi connectivity index (χ3n) is 6.40. The van der Waals surface area contributed by atoms with E-state index in [1.54, 1.807) is 12.1 Å². The van der Waals surface area contributed by atoms with Crippen LogP contribution < -0.4 is 11.1 Å². The zero-order chi connectivity index (χ0) is 22.0. The molecular formula is C25H32N4O2. The Morgan fingerprint density at radius 1 is 1.23 bits per heavy atom. The van der Waals surface area contributed by atoms with E-state index in [4.69, 9.17) is 10.7 Å². The second kappa shape index (κ2) is 9.10. The molecule has 1 amide bonds. The number of nitrogens with one attached hydrogen (secondary N) is 1. The van der Waals surface area contributed by atoms with Crippen LogP contribution in [0.4, 0.5) is 0 Å². The largest absolute Gasteiger partial charge is 0.508 e. The Hall–Kier alpha value is -2.86. The predicted molar refractivity (Wildman–Crippen MR) is 123 cm³/mol. The van der Waals surface area contributed by atoms with Crippen LogP contribution >= 0.6 is 0 Å². The van der Waals surface area contributed by atoms with E-state index < -0.39 is 6.04 Å². The fourth-order valence-corrected chi connectivity index (χ4v) is 4.63. The van der Waals surface area contributed by atoms with Crippen LogP contribution in [0.3, 0.4) is 0 Å². The molecule has 0 spiro atoms. The quantitative estimate of drug-likeness (QED) is 0.670. The van der Waals surface area contributed by atoms with E-state index in [1.807, 2.05) is 23.1 Å². The first-order chi connectivity index (χ1) is 15.0. The molecule has 0 aliphatic carbocycles. The second-order valence-electron chi connectivity index (χ2n) is 8.74. The highest BCUT2D eigenvalue weighted by Gasteiger charge is 2.38. The van der Waals surface area contributed by atoms with Crippen molar-refractivity contribution >= 4 is 11.7 Å². The highest BCUT2D eigenvalue weighted by atomic mass is 16.3. The molecule has 4 rings (SSSR count). The monoisotopic (exact) mass is 420 g/mol. The number of benzene rings is 2. The lowest BCUT2D eigenvalue weighted by Gasteiger charge is -2.38. The lowest BCUT2D eigenvalue weighted by atomic mass is 9.92. The average molecular weight is 421 g/mol. The van der Waals surface area contributed by atoms with Crippen LogP contribution in [0.1, 0.15) is 43.4 Å². The summed E-state index contributed by atoms with van der Waals surface area (Å²) in [6.07, 6.45) is 3.29. The molecule has 0 radical (unpaired) electrons. The average Bonchev–Trinajstić information content (AvgIpc) is 3.14. The zero-order valence-electron chi connectivity index (χ0n) is 18.3. The van der Waals surface area contributed by atoms with Crippen LogP contribution in [0.15, 0.2) is 53.5 Å². The van der Waals surface area contributed by atoms with Gasteiger partial charge in [-0.3, -0.25) is 9.79 Å². The van der Waals surface area contributed by atoms with Crippen molar-refractivity contribution in [2.75, 3.05) is 0 Å². The summed E-state index contributed by atoms with van der Waals surface area (Å²) >= 11 is 0. The number of hydrogen-bond acceptors (Lipinski definition) is 5. The van der Waals surface area contributed by atoms with Crippen molar-refractivity contribution in [3.63, 3.8) is 0 Å². The molecular weight excluding hydrogens is 388 g/mol. The van der Waals surface area contributed by atoms with Crippen LogP contribution in [0.25, 0.3) is 0 Å². The third-order valence-corrected chi connectivity index (χ3v) is 6.40. The number of aliphatic imine (C=N–C) groups is 1. The maximum absolute atomic E-state index is 13.5. The fourth-order valence-electron chi connectivity index (χ4n) is 4.63. The first kappa shape index (κ1) is 21.4. The van der Waals surface area contributed by atoms with Crippen LogP contribution in [0.2, 0.25) is 0 Å². The van der Waals surface area contributed by atoms with E-state index in [0.29, 0.717) is 13.0 Å². The molecule has 2 aromatic rings. The lowest BCUT2D eigenvalue weighted by Crippen LogP contribution is -2.56. The molecule has 0 fully saturated rings. The maximum Gasteiger partial charge on any atom is 0.240 e. The van der Waals surface area contributed by atoms with Gasteiger partial charge in [-0.2, -0.15) is 0 Å². The van der Waals surface area contributed by atoms with E-state index in [0.717, 1.165) is 30.7 Å². The van der Waals surface area contributed by atoms with Gasteiger partial charge in [-0.05, 0) is 48.6 Å². The highest BCUT2D eigenvalue weighted by molar-refractivity contribution is 5.95. The molecule has 6 nitrogen and oxygen atoms in total. The van der Waals surface area contributed by atoms with E-state index in [2.05, 4.69) is 37.4 Å². The number of phenolic OH excluding ortho intramolecular Hbond substituents is 1. The minimum Gasteiger partial charge on any atom is -0.508 e. The molecule has 2 aliphatic rings. The second-order valence-corrected chi connectivity index (χ2v) is 8.74. The molecule has 4 atom stereocenters. The van der Waals surface area contributed by atoms with Crippen molar-refractivity contribution in [3.8, 4) is 5.75 Å². The van der Waals surface area contributed by atoms with Gasteiger partial charge in [0.2, 0.25) is 5.91 Å². The predicted octanol–water partition coefficient (Wildman–Crippen LogP) is 2.77. The summed E-state index contributed by atoms with van der Waals surface area (Å²) in [7, 11) is 0. The standard InChI is InChI=1S/C25H32N4O2/c1-3-6-22-16(2)27-24(28-22)23-14-18-7-4-5-8-19(18)15-29(23)25(31)21(26)13-17-9-11-20(30)12-10-17/h4-5,7-12,16,21-23,30H,3,6,13-15,26H2,1-2H3,(H,27,28)/t16?,21-,22?,23?/m0/s1. The van der Waals surface area contributed by atoms with Crippen LogP contribution in [-0.4, -0.2) is 45.9 Å². The van der Waals surface area contributed by atoms with Crippen molar-refractivity contribution < 1.29 is 9.90 Å². The van der Waals surface area contributed by atoms with Crippen LogP contribution in [0.5, 0.6) is 5.75 Å². The first-order valence-electron chi connectivity index (χ1n) is 11.2. The van der Waals surface area contributed by atoms with Crippen molar-refractivity contribution in [2.24, 2.45) is 10.7 Å². The van der Waals surface area contributed by atoms with Gasteiger partial charge >= 0.3 is 0 Å². The SMILES string of the molecule is CCCC1N=C(C2Cc3ccccc3CN2C(=O)[C@@H](N)Cc2ccc(O)cc2)NC1C. The number of nitrogens with zero attached hydrogens (tertiary/aromatic N) is 2. The molecule has 3 unspecified atom stereocenters. The smallest absolute Gasteiger partial charge is 0.240 e. The summed E-state index contributed by atoms with van der Waals surface area (Å²) in [6, 6.07) is 14.9. The molecule has 2 aliphatic heterocycles. The van der Waals surface area contributed by atoms with E-state index in [-0.39, 0.29) is 29.8 Å². The number of rotatable bonds is 6. The Morgan fingerprint density at radius 3 is 2.65 bits per heavy atom. The van der Waals surface area contributed by atoms with Gasteiger partial charge in [0.05, 0.1) is 18.1 Å². The molecule has 2 aromatic carbocycles. The number of amidine groups is 1. The number of nitrogens with two attached hydrogens (primary N) is 1. The summed E-state index contributed by atoms with van der Waals surface area (Å²) < 4.78 is 0. The number of fused-ring (bicyclic) bond motifs is 1. The highest BCUT2D eigenvalue weighted by Crippen LogP contribution is 2.27. The maximum atomic E-state index is 13.5. The minimum absolute atomic E-state index is 0.0660. The van der Waals surface area contributed by atoms with Gasteiger partial charge in [0, 0.05) is 19.0 Å². The molecule has 0 bridgehead atoms. The number of amides is 1. The number of carbonyl (C=O) groups excluding carboxylic acids is 1. The Morgan fingerprint density at radius 2 is 1.94 bits per heavy atom. The lowest BCUT2D eigenvalue weighted by molar-refractivity contribution is -0.134. The van der Waals surface area contributed by atoms with Gasteiger partial charge in [0.15, 0.2) is 0 Å². The summed E-state index contributed by atoms with van der Waals surface area (Å²) in [5, 5.41) is 13.1. The van der Waals surface area contributed by atoms with E-state index in [1.165, 1.54) is 11.1 Å². The zero-order valence-corrected chi connectivity index (χ0v) is 18.3. The molecule has 0 aromatic heterocycles. The number of hydrogen-bond donors (Lipinski definition) is 3. The van der Waals surface area contributed by atoms with Crippen LogP contribution in [-0.2, 0) is 24.2 Å². The van der Waals surface area contributed by atoms with Crippen molar-refractivity contribution in [1.82, 2.24) is 10.2 Å². The number of phenols is 1. The Labute approximate surface area is 184 Å². The minimum atomic E-state index is -0.650. The Bertz CT molecular complexity index is 956. The van der Waals surface area contributed by atoms with Gasteiger partial charge in [-0.1, -0.05) is 49.7 Å². The Kier molecular flexibility index (Phi) is 6.28. The first-order valence-corrected chi connectivity index (χ1v) is 11.2. The van der Waals surface area contributed by atoms with Gasteiger partial charge in [-0.25, -0.2) is 0 Å².